The first-order chi connectivity index (χ1) is 16.8. The summed E-state index contributed by atoms with van der Waals surface area (Å²) >= 11 is 0. The van der Waals surface area contributed by atoms with Crippen molar-refractivity contribution < 1.29 is 22.7 Å². The van der Waals surface area contributed by atoms with Crippen molar-refractivity contribution >= 4 is 17.9 Å². The molecule has 0 aliphatic carbocycles. The standard InChI is InChI=1S/C24H23F3N6O2/c1-2-18-15-21(31-22(29-18)24(25,26)27)35-19-6-3-5-17(14-19)13-16-8-11-33(12-9-16)23(34)30-20-7-4-10-28-32-20/h3-7,10,13-15H,2,8-9,11-12H2,1H3,(H,30,32,34). The van der Waals surface area contributed by atoms with Crippen LogP contribution < -0.4 is 10.1 Å². The minimum Gasteiger partial charge on any atom is -0.439 e. The van der Waals surface area contributed by atoms with Gasteiger partial charge in [-0.2, -0.15) is 23.3 Å². The first-order valence-electron chi connectivity index (χ1n) is 11.1. The molecular formula is C24H23F3N6O2. The van der Waals surface area contributed by atoms with Gasteiger partial charge in [-0.25, -0.2) is 9.78 Å². The van der Waals surface area contributed by atoms with E-state index in [9.17, 15) is 18.0 Å². The van der Waals surface area contributed by atoms with E-state index in [0.717, 1.165) is 11.1 Å². The molecule has 1 N–H and O–H groups in total. The lowest BCUT2D eigenvalue weighted by Crippen LogP contribution is -2.39. The number of alkyl halides is 3. The third-order valence-electron chi connectivity index (χ3n) is 5.32. The van der Waals surface area contributed by atoms with E-state index >= 15 is 0 Å². The second-order valence-electron chi connectivity index (χ2n) is 7.88. The Morgan fingerprint density at radius 2 is 1.94 bits per heavy atom. The monoisotopic (exact) mass is 484 g/mol. The molecule has 3 heterocycles. The largest absolute Gasteiger partial charge is 0.451 e. The van der Waals surface area contributed by atoms with Crippen molar-refractivity contribution in [3.63, 3.8) is 0 Å². The number of hydrogen-bond donors (Lipinski definition) is 1. The number of carbonyl (C=O) groups excluding carboxylic acids is 1. The molecule has 1 aliphatic heterocycles. The topological polar surface area (TPSA) is 93.1 Å². The average Bonchev–Trinajstić information content (AvgIpc) is 2.84. The van der Waals surface area contributed by atoms with Gasteiger partial charge in [0.15, 0.2) is 5.82 Å². The molecule has 3 aromatic rings. The fourth-order valence-corrected chi connectivity index (χ4v) is 3.56. The Balaban J connectivity index is 1.40. The molecule has 0 radical (unpaired) electrons. The molecule has 0 saturated carbocycles. The van der Waals surface area contributed by atoms with Crippen LogP contribution in [0.1, 0.15) is 36.8 Å². The second-order valence-corrected chi connectivity index (χ2v) is 7.88. The molecule has 0 bridgehead atoms. The lowest BCUT2D eigenvalue weighted by atomic mass is 10.0. The second kappa shape index (κ2) is 10.5. The van der Waals surface area contributed by atoms with Crippen LogP contribution in [0.2, 0.25) is 0 Å². The first-order valence-corrected chi connectivity index (χ1v) is 11.1. The zero-order valence-corrected chi connectivity index (χ0v) is 18.9. The van der Waals surface area contributed by atoms with Crippen LogP contribution in [0, 0.1) is 0 Å². The van der Waals surface area contributed by atoms with E-state index in [1.165, 1.54) is 12.3 Å². The normalized spacial score (nSPS) is 13.9. The Morgan fingerprint density at radius 1 is 1.14 bits per heavy atom. The van der Waals surface area contributed by atoms with E-state index in [4.69, 9.17) is 4.74 Å². The Morgan fingerprint density at radius 3 is 2.63 bits per heavy atom. The first kappa shape index (κ1) is 24.1. The number of urea groups is 1. The third-order valence-corrected chi connectivity index (χ3v) is 5.32. The zero-order chi connectivity index (χ0) is 24.8. The van der Waals surface area contributed by atoms with Gasteiger partial charge in [0.05, 0.1) is 0 Å². The maximum Gasteiger partial charge on any atom is 0.451 e. The number of hydrogen-bond acceptors (Lipinski definition) is 6. The number of benzene rings is 1. The van der Waals surface area contributed by atoms with Gasteiger partial charge in [-0.1, -0.05) is 30.7 Å². The summed E-state index contributed by atoms with van der Waals surface area (Å²) in [4.78, 5) is 21.2. The van der Waals surface area contributed by atoms with E-state index in [0.29, 0.717) is 43.9 Å². The van der Waals surface area contributed by atoms with Crippen LogP contribution >= 0.6 is 0 Å². The van der Waals surface area contributed by atoms with Crippen molar-refractivity contribution in [2.45, 2.75) is 32.4 Å². The summed E-state index contributed by atoms with van der Waals surface area (Å²) in [6.45, 7) is 2.81. The summed E-state index contributed by atoms with van der Waals surface area (Å²) in [6.07, 6.45) is 0.587. The number of halogens is 3. The van der Waals surface area contributed by atoms with Gasteiger partial charge in [0.1, 0.15) is 5.75 Å². The highest BCUT2D eigenvalue weighted by atomic mass is 19.4. The van der Waals surface area contributed by atoms with Crippen LogP contribution in [-0.2, 0) is 12.6 Å². The number of carbonyl (C=O) groups is 1. The molecule has 35 heavy (non-hydrogen) atoms. The third kappa shape index (κ3) is 6.52. The summed E-state index contributed by atoms with van der Waals surface area (Å²) in [7, 11) is 0. The molecule has 182 valence electrons. The maximum absolute atomic E-state index is 13.1. The highest BCUT2D eigenvalue weighted by molar-refractivity contribution is 5.88. The number of piperidine rings is 1. The van der Waals surface area contributed by atoms with Crippen LogP contribution in [0.5, 0.6) is 11.6 Å². The van der Waals surface area contributed by atoms with Crippen LogP contribution in [0.3, 0.4) is 0 Å². The smallest absolute Gasteiger partial charge is 0.439 e. The summed E-state index contributed by atoms with van der Waals surface area (Å²) in [5.74, 6) is -0.613. The predicted molar refractivity (Wildman–Crippen MR) is 123 cm³/mol. The number of amides is 2. The van der Waals surface area contributed by atoms with E-state index in [2.05, 4.69) is 25.5 Å². The molecule has 1 aromatic carbocycles. The lowest BCUT2D eigenvalue weighted by molar-refractivity contribution is -0.145. The van der Waals surface area contributed by atoms with Crippen LogP contribution in [0.25, 0.3) is 6.08 Å². The van der Waals surface area contributed by atoms with Gasteiger partial charge in [0, 0.05) is 31.0 Å². The van der Waals surface area contributed by atoms with Gasteiger partial charge in [0.2, 0.25) is 11.7 Å². The Bertz CT molecular complexity index is 1210. The van der Waals surface area contributed by atoms with Crippen LogP contribution in [-0.4, -0.2) is 44.2 Å². The van der Waals surface area contributed by atoms with Gasteiger partial charge in [-0.3, -0.25) is 5.32 Å². The predicted octanol–water partition coefficient (Wildman–Crippen LogP) is 5.35. The zero-order valence-electron chi connectivity index (χ0n) is 18.9. The van der Waals surface area contributed by atoms with Crippen LogP contribution in [0.15, 0.2) is 54.2 Å². The van der Waals surface area contributed by atoms with E-state index in [-0.39, 0.29) is 17.6 Å². The van der Waals surface area contributed by atoms with Gasteiger partial charge in [-0.05, 0) is 49.1 Å². The molecule has 1 saturated heterocycles. The quantitative estimate of drug-likeness (QED) is 0.525. The van der Waals surface area contributed by atoms with Crippen molar-refractivity contribution in [1.82, 2.24) is 25.1 Å². The summed E-state index contributed by atoms with van der Waals surface area (Å²) in [6, 6.07) is 11.6. The number of aryl methyl sites for hydroxylation is 1. The Labute approximate surface area is 199 Å². The minimum absolute atomic E-state index is 0.156. The summed E-state index contributed by atoms with van der Waals surface area (Å²) in [5.41, 5.74) is 2.24. The summed E-state index contributed by atoms with van der Waals surface area (Å²) < 4.78 is 45.0. The number of likely N-dealkylation sites (tertiary alicyclic amines) is 1. The number of rotatable bonds is 5. The van der Waals surface area contributed by atoms with Gasteiger partial charge in [-0.15, -0.1) is 5.10 Å². The van der Waals surface area contributed by atoms with Crippen molar-refractivity contribution in [3.8, 4) is 11.6 Å². The molecule has 11 heteroatoms. The number of aromatic nitrogens is 4. The highest BCUT2D eigenvalue weighted by Crippen LogP contribution is 2.30. The fourth-order valence-electron chi connectivity index (χ4n) is 3.56. The molecule has 2 aromatic heterocycles. The molecular weight excluding hydrogens is 461 g/mol. The highest BCUT2D eigenvalue weighted by Gasteiger charge is 2.35. The van der Waals surface area contributed by atoms with E-state index in [1.54, 1.807) is 42.2 Å². The van der Waals surface area contributed by atoms with Gasteiger partial charge in [0.25, 0.3) is 0 Å². The molecule has 0 atom stereocenters. The van der Waals surface area contributed by atoms with Gasteiger partial charge < -0.3 is 9.64 Å². The molecule has 2 amide bonds. The Kier molecular flexibility index (Phi) is 7.23. The van der Waals surface area contributed by atoms with Crippen molar-refractivity contribution in [3.05, 3.63) is 71.3 Å². The number of nitrogens with zero attached hydrogens (tertiary/aromatic N) is 5. The van der Waals surface area contributed by atoms with Crippen molar-refractivity contribution in [1.29, 1.82) is 0 Å². The molecule has 0 spiro atoms. The lowest BCUT2D eigenvalue weighted by Gasteiger charge is -2.28. The molecule has 4 rings (SSSR count). The summed E-state index contributed by atoms with van der Waals surface area (Å²) in [5, 5.41) is 10.3. The molecule has 8 nitrogen and oxygen atoms in total. The average molecular weight is 484 g/mol. The number of anilines is 1. The van der Waals surface area contributed by atoms with Crippen molar-refractivity contribution in [2.75, 3.05) is 18.4 Å². The van der Waals surface area contributed by atoms with Gasteiger partial charge >= 0.3 is 12.2 Å². The molecule has 0 unspecified atom stereocenters. The van der Waals surface area contributed by atoms with E-state index in [1.807, 2.05) is 12.1 Å². The minimum atomic E-state index is -4.66. The Hall–Kier alpha value is -4.02. The van der Waals surface area contributed by atoms with E-state index < -0.39 is 12.0 Å². The van der Waals surface area contributed by atoms with Crippen LogP contribution in [0.4, 0.5) is 23.8 Å². The fraction of sp³-hybridized carbons (Fsp3) is 0.292. The van der Waals surface area contributed by atoms with Crippen molar-refractivity contribution in [2.24, 2.45) is 0 Å². The maximum atomic E-state index is 13.1. The molecule has 1 aliphatic rings. The number of ether oxygens (including phenoxy) is 1. The number of nitrogens with one attached hydrogen (secondary N) is 1. The molecule has 1 fully saturated rings. The SMILES string of the molecule is CCc1cc(Oc2cccc(C=C3CCN(C(=O)Nc4cccnn4)CC3)c2)nc(C(F)(F)F)n1.